The molecule has 12 heavy (non-hydrogen) atoms. The van der Waals surface area contributed by atoms with Crippen LogP contribution in [0.25, 0.3) is 0 Å². The quantitative estimate of drug-likeness (QED) is 0.619. The number of hydrogen-bond donors (Lipinski definition) is 2. The van der Waals surface area contributed by atoms with Crippen molar-refractivity contribution < 1.29 is 10.2 Å². The van der Waals surface area contributed by atoms with E-state index in [-0.39, 0.29) is 0 Å². The van der Waals surface area contributed by atoms with Crippen molar-refractivity contribution in [2.45, 2.75) is 13.8 Å². The first-order valence-electron chi connectivity index (χ1n) is 3.72. The first-order chi connectivity index (χ1) is 5.79. The Morgan fingerprint density at radius 2 is 1.17 bits per heavy atom. The second-order valence-electron chi connectivity index (χ2n) is 2.16. The molecule has 2 heteroatoms. The topological polar surface area (TPSA) is 40.5 Å². The Morgan fingerprint density at radius 3 is 1.33 bits per heavy atom. The molecule has 0 saturated carbocycles. The van der Waals surface area contributed by atoms with Crippen LogP contribution in [0.2, 0.25) is 0 Å². The summed E-state index contributed by atoms with van der Waals surface area (Å²) >= 11 is 0. The third-order valence-corrected chi connectivity index (χ3v) is 1.17. The summed E-state index contributed by atoms with van der Waals surface area (Å²) in [6.07, 6.45) is 0. The van der Waals surface area contributed by atoms with Gasteiger partial charge in [0.05, 0.1) is 0 Å². The molecule has 0 atom stereocenters. The first-order valence-corrected chi connectivity index (χ1v) is 3.72. The predicted octanol–water partition coefficient (Wildman–Crippen LogP) is 1.52. The summed E-state index contributed by atoms with van der Waals surface area (Å²) in [7, 11) is 2.00. The molecule has 0 aliphatic carbocycles. The molecule has 0 fully saturated rings. The highest BCUT2D eigenvalue weighted by atomic mass is 16.2. The summed E-state index contributed by atoms with van der Waals surface area (Å²) in [4.78, 5) is 0. The van der Waals surface area contributed by atoms with Crippen LogP contribution in [0.5, 0.6) is 0 Å². The Kier molecular flexibility index (Phi) is 11.6. The fourth-order valence-electron chi connectivity index (χ4n) is 0.807. The van der Waals surface area contributed by atoms with E-state index in [4.69, 9.17) is 10.2 Å². The van der Waals surface area contributed by atoms with Gasteiger partial charge >= 0.3 is 0 Å². The zero-order valence-electron chi connectivity index (χ0n) is 8.20. The maximum atomic E-state index is 7.00. The van der Waals surface area contributed by atoms with Crippen molar-refractivity contribution in [1.82, 2.24) is 0 Å². The molecule has 0 aromatic heterocycles. The van der Waals surface area contributed by atoms with Crippen molar-refractivity contribution in [2.75, 3.05) is 14.2 Å². The standard InChI is InChI=1S/C8H10.2CH4O/c1-7-4-3-5-8(2)6-7;2*1-2/h3-6H,1-2H3;2*2H,1H3. The van der Waals surface area contributed by atoms with Gasteiger partial charge in [0.15, 0.2) is 0 Å². The SMILES string of the molecule is CO.CO.Cc1cccc(C)c1. The Hall–Kier alpha value is -0.860. The van der Waals surface area contributed by atoms with Gasteiger partial charge < -0.3 is 10.2 Å². The maximum absolute atomic E-state index is 7.00. The van der Waals surface area contributed by atoms with Crippen LogP contribution >= 0.6 is 0 Å². The van der Waals surface area contributed by atoms with Crippen molar-refractivity contribution in [3.05, 3.63) is 35.4 Å². The van der Waals surface area contributed by atoms with Crippen LogP contribution in [-0.4, -0.2) is 24.4 Å². The third kappa shape index (κ3) is 7.25. The van der Waals surface area contributed by atoms with Gasteiger partial charge in [0.1, 0.15) is 0 Å². The molecule has 1 aromatic carbocycles. The molecule has 0 aliphatic heterocycles. The minimum absolute atomic E-state index is 1.00. The summed E-state index contributed by atoms with van der Waals surface area (Å²) in [6.45, 7) is 4.21. The van der Waals surface area contributed by atoms with Crippen LogP contribution in [-0.2, 0) is 0 Å². The Bertz CT molecular complexity index is 168. The van der Waals surface area contributed by atoms with Crippen LogP contribution in [0.3, 0.4) is 0 Å². The molecule has 0 bridgehead atoms. The summed E-state index contributed by atoms with van der Waals surface area (Å²) in [6, 6.07) is 8.45. The van der Waals surface area contributed by atoms with E-state index in [1.54, 1.807) is 0 Å². The van der Waals surface area contributed by atoms with Gasteiger partial charge in [-0.2, -0.15) is 0 Å². The van der Waals surface area contributed by atoms with Gasteiger partial charge in [-0.1, -0.05) is 35.4 Å². The lowest BCUT2D eigenvalue weighted by atomic mass is 10.2. The average molecular weight is 170 g/mol. The zero-order chi connectivity index (χ0) is 9.98. The average Bonchev–Trinajstić information content (AvgIpc) is 2.11. The predicted molar refractivity (Wildman–Crippen MR) is 52.2 cm³/mol. The molecular weight excluding hydrogens is 152 g/mol. The van der Waals surface area contributed by atoms with Crippen LogP contribution in [0, 0.1) is 13.8 Å². The summed E-state index contributed by atoms with van der Waals surface area (Å²) in [5.41, 5.74) is 2.68. The molecule has 0 unspecified atom stereocenters. The summed E-state index contributed by atoms with van der Waals surface area (Å²) in [5.74, 6) is 0. The number of aryl methyl sites for hydroxylation is 2. The van der Waals surface area contributed by atoms with Gasteiger partial charge in [-0.25, -0.2) is 0 Å². The smallest absolute Gasteiger partial charge is 0.0319 e. The highest BCUT2D eigenvalue weighted by molar-refractivity contribution is 5.20. The molecule has 0 amide bonds. The second-order valence-corrected chi connectivity index (χ2v) is 2.16. The second kappa shape index (κ2) is 10.1. The maximum Gasteiger partial charge on any atom is 0.0319 e. The van der Waals surface area contributed by atoms with E-state index in [9.17, 15) is 0 Å². The van der Waals surface area contributed by atoms with Gasteiger partial charge in [-0.3, -0.25) is 0 Å². The van der Waals surface area contributed by atoms with Crippen LogP contribution in [0.15, 0.2) is 24.3 Å². The molecule has 0 aliphatic rings. The van der Waals surface area contributed by atoms with Gasteiger partial charge in [0.2, 0.25) is 0 Å². The van der Waals surface area contributed by atoms with Crippen LogP contribution in [0.1, 0.15) is 11.1 Å². The molecule has 0 saturated heterocycles. The first kappa shape index (κ1) is 13.7. The molecule has 0 spiro atoms. The minimum atomic E-state index is 1.00. The van der Waals surface area contributed by atoms with E-state index < -0.39 is 0 Å². The fraction of sp³-hybridized carbons (Fsp3) is 0.400. The van der Waals surface area contributed by atoms with E-state index in [1.807, 2.05) is 0 Å². The minimum Gasteiger partial charge on any atom is -0.400 e. The highest BCUT2D eigenvalue weighted by Gasteiger charge is 1.80. The summed E-state index contributed by atoms with van der Waals surface area (Å²) < 4.78 is 0. The number of benzene rings is 1. The van der Waals surface area contributed by atoms with E-state index in [1.165, 1.54) is 11.1 Å². The number of aliphatic hydroxyl groups is 2. The van der Waals surface area contributed by atoms with E-state index in [2.05, 4.69) is 38.1 Å². The molecule has 1 aromatic rings. The zero-order valence-corrected chi connectivity index (χ0v) is 8.20. The van der Waals surface area contributed by atoms with Crippen molar-refractivity contribution >= 4 is 0 Å². The van der Waals surface area contributed by atoms with Gasteiger partial charge in [0, 0.05) is 14.2 Å². The number of hydrogen-bond acceptors (Lipinski definition) is 2. The molecule has 1 rings (SSSR count). The van der Waals surface area contributed by atoms with Crippen molar-refractivity contribution in [3.63, 3.8) is 0 Å². The van der Waals surface area contributed by atoms with Crippen molar-refractivity contribution in [1.29, 1.82) is 0 Å². The van der Waals surface area contributed by atoms with Crippen molar-refractivity contribution in [2.24, 2.45) is 0 Å². The number of aliphatic hydroxyl groups excluding tert-OH is 2. The number of rotatable bonds is 0. The van der Waals surface area contributed by atoms with Crippen molar-refractivity contribution in [3.8, 4) is 0 Å². The molecule has 2 nitrogen and oxygen atoms in total. The van der Waals surface area contributed by atoms with Gasteiger partial charge in [0.25, 0.3) is 0 Å². The monoisotopic (exact) mass is 170 g/mol. The fourth-order valence-corrected chi connectivity index (χ4v) is 0.807. The molecule has 2 N–H and O–H groups in total. The Labute approximate surface area is 74.5 Å². The van der Waals surface area contributed by atoms with Crippen LogP contribution in [0.4, 0.5) is 0 Å². The summed E-state index contributed by atoms with van der Waals surface area (Å²) in [5, 5.41) is 14.0. The molecule has 0 radical (unpaired) electrons. The molecule has 0 heterocycles. The largest absolute Gasteiger partial charge is 0.400 e. The van der Waals surface area contributed by atoms with E-state index in [0.29, 0.717) is 0 Å². The van der Waals surface area contributed by atoms with Crippen LogP contribution < -0.4 is 0 Å². The van der Waals surface area contributed by atoms with Gasteiger partial charge in [-0.05, 0) is 13.8 Å². The van der Waals surface area contributed by atoms with Gasteiger partial charge in [-0.15, -0.1) is 0 Å². The molecular formula is C10H18O2. The molecule has 70 valence electrons. The van der Waals surface area contributed by atoms with E-state index >= 15 is 0 Å². The lowest BCUT2D eigenvalue weighted by Gasteiger charge is -1.90. The Morgan fingerprint density at radius 1 is 0.833 bits per heavy atom. The highest BCUT2D eigenvalue weighted by Crippen LogP contribution is 2.00. The lowest BCUT2D eigenvalue weighted by molar-refractivity contribution is 0.399. The Balaban J connectivity index is 0. The third-order valence-electron chi connectivity index (χ3n) is 1.17. The normalized spacial score (nSPS) is 7.17. The lowest BCUT2D eigenvalue weighted by Crippen LogP contribution is -1.71. The van der Waals surface area contributed by atoms with E-state index in [0.717, 1.165) is 14.2 Å².